The van der Waals surface area contributed by atoms with Crippen LogP contribution >= 0.6 is 0 Å². The molecule has 0 aliphatic carbocycles. The molecule has 0 aliphatic rings. The van der Waals surface area contributed by atoms with Gasteiger partial charge in [-0.3, -0.25) is 9.69 Å². The van der Waals surface area contributed by atoms with Crippen molar-refractivity contribution in [3.05, 3.63) is 35.9 Å². The number of carboxylic acid groups (broad SMARTS) is 1. The maximum Gasteiger partial charge on any atom is 0.410 e. The predicted molar refractivity (Wildman–Crippen MR) is 98.4 cm³/mol. The smallest absolute Gasteiger partial charge is 0.410 e. The number of unbranched alkanes of at least 4 members (excludes halogenated alkanes) is 7. The molecule has 140 valence electrons. The van der Waals surface area contributed by atoms with E-state index in [1.165, 1.54) is 37.0 Å². The number of nitrogens with zero attached hydrogens (tertiary/aromatic N) is 1. The highest BCUT2D eigenvalue weighted by molar-refractivity contribution is 5.76. The molecule has 25 heavy (non-hydrogen) atoms. The van der Waals surface area contributed by atoms with Gasteiger partial charge in [0.15, 0.2) is 0 Å². The summed E-state index contributed by atoms with van der Waals surface area (Å²) in [5.74, 6) is -1.02. The summed E-state index contributed by atoms with van der Waals surface area (Å²) >= 11 is 0. The molecule has 0 atom stereocenters. The molecule has 1 amide bonds. The summed E-state index contributed by atoms with van der Waals surface area (Å²) in [6.07, 6.45) is 8.67. The molecule has 1 N–H and O–H groups in total. The quantitative estimate of drug-likeness (QED) is 0.517. The van der Waals surface area contributed by atoms with Crippen molar-refractivity contribution in [2.24, 2.45) is 0 Å². The van der Waals surface area contributed by atoms with Gasteiger partial charge in [0, 0.05) is 6.54 Å². The summed E-state index contributed by atoms with van der Waals surface area (Å²) in [4.78, 5) is 24.4. The van der Waals surface area contributed by atoms with Crippen LogP contribution in [0.2, 0.25) is 0 Å². The molecule has 0 heterocycles. The minimum Gasteiger partial charge on any atom is -0.480 e. The predicted octanol–water partition coefficient (Wildman–Crippen LogP) is 4.85. The summed E-state index contributed by atoms with van der Waals surface area (Å²) in [6, 6.07) is 9.38. The van der Waals surface area contributed by atoms with Crippen LogP contribution in [0.15, 0.2) is 30.3 Å². The summed E-state index contributed by atoms with van der Waals surface area (Å²) in [7, 11) is 0. The van der Waals surface area contributed by atoms with Gasteiger partial charge in [-0.25, -0.2) is 4.79 Å². The minimum atomic E-state index is -1.02. The number of aliphatic carboxylic acids is 1. The molecule has 0 radical (unpaired) electrons. The van der Waals surface area contributed by atoms with Crippen molar-refractivity contribution in [1.29, 1.82) is 0 Å². The first-order valence-corrected chi connectivity index (χ1v) is 9.31. The Kier molecular flexibility index (Phi) is 11.2. The molecule has 1 aromatic rings. The maximum atomic E-state index is 12.1. The Labute approximate surface area is 151 Å². The summed E-state index contributed by atoms with van der Waals surface area (Å²) in [5.41, 5.74) is 0.887. The first-order chi connectivity index (χ1) is 12.1. The van der Waals surface area contributed by atoms with E-state index >= 15 is 0 Å². The number of benzene rings is 1. The summed E-state index contributed by atoms with van der Waals surface area (Å²) in [5, 5.41) is 8.99. The van der Waals surface area contributed by atoms with E-state index in [0.29, 0.717) is 6.54 Å². The van der Waals surface area contributed by atoms with Crippen LogP contribution < -0.4 is 0 Å². The Hall–Kier alpha value is -2.04. The molecular formula is C20H31NO4. The zero-order chi connectivity index (χ0) is 18.3. The Balaban J connectivity index is 2.27. The Bertz CT molecular complexity index is 490. The number of carbonyl (C=O) groups is 2. The maximum absolute atomic E-state index is 12.1. The molecule has 5 nitrogen and oxygen atoms in total. The lowest BCUT2D eigenvalue weighted by molar-refractivity contribution is -0.138. The van der Waals surface area contributed by atoms with Gasteiger partial charge in [-0.05, 0) is 12.0 Å². The molecule has 1 aromatic carbocycles. The van der Waals surface area contributed by atoms with Gasteiger partial charge in [-0.1, -0.05) is 82.2 Å². The van der Waals surface area contributed by atoms with Crippen molar-refractivity contribution in [1.82, 2.24) is 4.90 Å². The van der Waals surface area contributed by atoms with Gasteiger partial charge in [0.1, 0.15) is 13.2 Å². The second-order valence-corrected chi connectivity index (χ2v) is 6.33. The number of hydrogen-bond acceptors (Lipinski definition) is 3. The van der Waals surface area contributed by atoms with E-state index < -0.39 is 12.1 Å². The highest BCUT2D eigenvalue weighted by Crippen LogP contribution is 2.10. The fourth-order valence-corrected chi connectivity index (χ4v) is 2.65. The fourth-order valence-electron chi connectivity index (χ4n) is 2.65. The van der Waals surface area contributed by atoms with E-state index in [1.54, 1.807) is 0 Å². The molecule has 5 heteroatoms. The number of ether oxygens (including phenoxy) is 1. The Morgan fingerprint density at radius 3 is 2.16 bits per heavy atom. The van der Waals surface area contributed by atoms with Crippen LogP contribution in [0.4, 0.5) is 4.79 Å². The van der Waals surface area contributed by atoms with Gasteiger partial charge >= 0.3 is 12.1 Å². The molecular weight excluding hydrogens is 318 g/mol. The minimum absolute atomic E-state index is 0.160. The van der Waals surface area contributed by atoms with Crippen LogP contribution in [0, 0.1) is 0 Å². The Morgan fingerprint density at radius 1 is 0.960 bits per heavy atom. The van der Waals surface area contributed by atoms with Crippen LogP contribution in [0.3, 0.4) is 0 Å². The van der Waals surface area contributed by atoms with Gasteiger partial charge in [0.2, 0.25) is 0 Å². The molecule has 0 spiro atoms. The molecule has 0 saturated heterocycles. The number of rotatable bonds is 13. The third kappa shape index (κ3) is 10.4. The standard InChI is InChI=1S/C20H31NO4/c1-2-3-4-5-6-7-8-12-15-21(16-19(22)23)20(24)25-17-18-13-10-9-11-14-18/h9-11,13-14H,2-8,12,15-17H2,1H3,(H,22,23). The van der Waals surface area contributed by atoms with Gasteiger partial charge in [-0.2, -0.15) is 0 Å². The zero-order valence-electron chi connectivity index (χ0n) is 15.3. The second-order valence-electron chi connectivity index (χ2n) is 6.33. The number of amides is 1. The monoisotopic (exact) mass is 349 g/mol. The summed E-state index contributed by atoms with van der Waals surface area (Å²) < 4.78 is 5.24. The van der Waals surface area contributed by atoms with Crippen LogP contribution in [-0.2, 0) is 16.1 Å². The lowest BCUT2D eigenvalue weighted by Gasteiger charge is -2.20. The van der Waals surface area contributed by atoms with Crippen molar-refractivity contribution in [3.8, 4) is 0 Å². The third-order valence-electron chi connectivity index (χ3n) is 4.07. The normalized spacial score (nSPS) is 10.4. The van der Waals surface area contributed by atoms with Crippen molar-refractivity contribution in [3.63, 3.8) is 0 Å². The van der Waals surface area contributed by atoms with E-state index in [-0.39, 0.29) is 13.2 Å². The average molecular weight is 349 g/mol. The van der Waals surface area contributed by atoms with Gasteiger partial charge in [-0.15, -0.1) is 0 Å². The lowest BCUT2D eigenvalue weighted by atomic mass is 10.1. The molecule has 0 unspecified atom stereocenters. The van der Waals surface area contributed by atoms with E-state index in [9.17, 15) is 9.59 Å². The highest BCUT2D eigenvalue weighted by Gasteiger charge is 2.17. The van der Waals surface area contributed by atoms with Crippen LogP contribution in [0.5, 0.6) is 0 Å². The molecule has 0 saturated carbocycles. The second kappa shape index (κ2) is 13.3. The first kappa shape index (κ1) is 21.0. The van der Waals surface area contributed by atoms with Crippen molar-refractivity contribution in [2.75, 3.05) is 13.1 Å². The molecule has 0 aromatic heterocycles. The number of carbonyl (C=O) groups excluding carboxylic acids is 1. The zero-order valence-corrected chi connectivity index (χ0v) is 15.3. The van der Waals surface area contributed by atoms with Crippen molar-refractivity contribution >= 4 is 12.1 Å². The SMILES string of the molecule is CCCCCCCCCCN(CC(=O)O)C(=O)OCc1ccccc1. The molecule has 1 rings (SSSR count). The van der Waals surface area contributed by atoms with E-state index in [1.807, 2.05) is 30.3 Å². The van der Waals surface area contributed by atoms with E-state index in [0.717, 1.165) is 24.8 Å². The van der Waals surface area contributed by atoms with E-state index in [4.69, 9.17) is 9.84 Å². The first-order valence-electron chi connectivity index (χ1n) is 9.31. The molecule has 0 bridgehead atoms. The Morgan fingerprint density at radius 2 is 1.56 bits per heavy atom. The lowest BCUT2D eigenvalue weighted by Crippen LogP contribution is -2.36. The third-order valence-corrected chi connectivity index (χ3v) is 4.07. The molecule has 0 aliphatic heterocycles. The number of hydrogen-bond donors (Lipinski definition) is 1. The van der Waals surface area contributed by atoms with E-state index in [2.05, 4.69) is 6.92 Å². The van der Waals surface area contributed by atoms with Crippen LogP contribution in [-0.4, -0.2) is 35.2 Å². The highest BCUT2D eigenvalue weighted by atomic mass is 16.6. The van der Waals surface area contributed by atoms with Gasteiger partial charge in [0.25, 0.3) is 0 Å². The van der Waals surface area contributed by atoms with Gasteiger partial charge < -0.3 is 9.84 Å². The van der Waals surface area contributed by atoms with Crippen molar-refractivity contribution < 1.29 is 19.4 Å². The molecule has 0 fully saturated rings. The van der Waals surface area contributed by atoms with Crippen LogP contribution in [0.1, 0.15) is 63.9 Å². The fraction of sp³-hybridized carbons (Fsp3) is 0.600. The van der Waals surface area contributed by atoms with Crippen LogP contribution in [0.25, 0.3) is 0 Å². The topological polar surface area (TPSA) is 66.8 Å². The largest absolute Gasteiger partial charge is 0.480 e. The summed E-state index contributed by atoms with van der Waals surface area (Å²) in [6.45, 7) is 2.47. The van der Waals surface area contributed by atoms with Crippen molar-refractivity contribution in [2.45, 2.75) is 64.9 Å². The average Bonchev–Trinajstić information content (AvgIpc) is 2.61. The van der Waals surface area contributed by atoms with Gasteiger partial charge in [0.05, 0.1) is 0 Å². The number of carboxylic acids is 1.